The summed E-state index contributed by atoms with van der Waals surface area (Å²) in [5, 5.41) is 18.5. The van der Waals surface area contributed by atoms with Crippen molar-refractivity contribution in [2.75, 3.05) is 0 Å². The number of aliphatic hydroxyl groups excluding tert-OH is 1. The molecule has 2 rings (SSSR count). The molecule has 0 heterocycles. The Labute approximate surface area is 105 Å². The number of aryl methyl sites for hydroxylation is 1. The Balaban J connectivity index is 2.43. The van der Waals surface area contributed by atoms with Crippen molar-refractivity contribution in [1.29, 1.82) is 0 Å². The quantitative estimate of drug-likeness (QED) is 0.641. The highest BCUT2D eigenvalue weighted by molar-refractivity contribution is 6.09. The molecular formula is C15H14O3. The van der Waals surface area contributed by atoms with Crippen molar-refractivity contribution >= 4 is 5.78 Å². The van der Waals surface area contributed by atoms with E-state index < -0.39 is 6.29 Å². The summed E-state index contributed by atoms with van der Waals surface area (Å²) in [4.78, 5) is 12.3. The second-order valence-corrected chi connectivity index (χ2v) is 4.16. The smallest absolute Gasteiger partial charge is 0.193 e. The summed E-state index contributed by atoms with van der Waals surface area (Å²) in [6, 6.07) is 13.7. The third kappa shape index (κ3) is 2.47. The van der Waals surface area contributed by atoms with Crippen LogP contribution in [-0.4, -0.2) is 16.0 Å². The molecule has 0 amide bonds. The molecule has 0 fully saturated rings. The minimum atomic E-state index is -1.64. The fraction of sp³-hybridized carbons (Fsp3) is 0.133. The molecule has 2 N–H and O–H groups in total. The Bertz CT molecular complexity index is 556. The lowest BCUT2D eigenvalue weighted by molar-refractivity contribution is -0.0429. The van der Waals surface area contributed by atoms with Gasteiger partial charge in [-0.2, -0.15) is 0 Å². The number of carbonyl (C=O) groups is 1. The van der Waals surface area contributed by atoms with Crippen molar-refractivity contribution in [3.05, 3.63) is 70.8 Å². The number of ketones is 1. The predicted molar refractivity (Wildman–Crippen MR) is 68.2 cm³/mol. The normalized spacial score (nSPS) is 10.7. The third-order valence-corrected chi connectivity index (χ3v) is 2.80. The molecule has 0 spiro atoms. The van der Waals surface area contributed by atoms with Crippen LogP contribution in [-0.2, 0) is 0 Å². The maximum absolute atomic E-state index is 12.3. The molecule has 2 aromatic carbocycles. The van der Waals surface area contributed by atoms with E-state index in [4.69, 9.17) is 0 Å². The van der Waals surface area contributed by atoms with Gasteiger partial charge >= 0.3 is 0 Å². The zero-order valence-electron chi connectivity index (χ0n) is 10.00. The van der Waals surface area contributed by atoms with Gasteiger partial charge in [-0.15, -0.1) is 0 Å². The van der Waals surface area contributed by atoms with Crippen LogP contribution in [0.15, 0.2) is 48.5 Å². The first-order chi connectivity index (χ1) is 8.59. The van der Waals surface area contributed by atoms with Gasteiger partial charge in [0.15, 0.2) is 12.1 Å². The molecule has 0 aromatic heterocycles. The van der Waals surface area contributed by atoms with Crippen LogP contribution in [0.25, 0.3) is 0 Å². The van der Waals surface area contributed by atoms with Crippen molar-refractivity contribution in [1.82, 2.24) is 0 Å². The van der Waals surface area contributed by atoms with E-state index in [1.807, 2.05) is 19.1 Å². The minimum Gasteiger partial charge on any atom is -0.364 e. The van der Waals surface area contributed by atoms with E-state index in [9.17, 15) is 15.0 Å². The summed E-state index contributed by atoms with van der Waals surface area (Å²) < 4.78 is 0. The molecule has 0 radical (unpaired) electrons. The molecule has 0 saturated heterocycles. The zero-order chi connectivity index (χ0) is 13.1. The van der Waals surface area contributed by atoms with Crippen LogP contribution in [0, 0.1) is 6.92 Å². The first kappa shape index (κ1) is 12.5. The fourth-order valence-corrected chi connectivity index (χ4v) is 1.79. The number of hydrogen-bond donors (Lipinski definition) is 2. The Morgan fingerprint density at radius 2 is 1.61 bits per heavy atom. The summed E-state index contributed by atoms with van der Waals surface area (Å²) in [6.07, 6.45) is -1.64. The van der Waals surface area contributed by atoms with Crippen LogP contribution in [0.1, 0.15) is 33.3 Å². The van der Waals surface area contributed by atoms with Crippen LogP contribution in [0.3, 0.4) is 0 Å². The summed E-state index contributed by atoms with van der Waals surface area (Å²) in [7, 11) is 0. The van der Waals surface area contributed by atoms with E-state index >= 15 is 0 Å². The predicted octanol–water partition coefficient (Wildman–Crippen LogP) is 2.21. The fourth-order valence-electron chi connectivity index (χ4n) is 1.79. The Kier molecular flexibility index (Phi) is 3.55. The van der Waals surface area contributed by atoms with E-state index in [0.717, 1.165) is 5.56 Å². The third-order valence-electron chi connectivity index (χ3n) is 2.80. The van der Waals surface area contributed by atoms with E-state index in [1.165, 1.54) is 6.07 Å². The lowest BCUT2D eigenvalue weighted by atomic mass is 9.97. The van der Waals surface area contributed by atoms with Crippen molar-refractivity contribution < 1.29 is 15.0 Å². The van der Waals surface area contributed by atoms with Gasteiger partial charge in [-0.3, -0.25) is 4.79 Å². The lowest BCUT2D eigenvalue weighted by Crippen LogP contribution is -2.08. The van der Waals surface area contributed by atoms with Crippen molar-refractivity contribution in [2.45, 2.75) is 13.2 Å². The molecular weight excluding hydrogens is 228 g/mol. The average molecular weight is 242 g/mol. The molecule has 0 aliphatic rings. The van der Waals surface area contributed by atoms with Gasteiger partial charge in [-0.1, -0.05) is 54.1 Å². The van der Waals surface area contributed by atoms with Crippen molar-refractivity contribution in [3.8, 4) is 0 Å². The summed E-state index contributed by atoms with van der Waals surface area (Å²) in [5.74, 6) is -0.210. The van der Waals surface area contributed by atoms with Crippen LogP contribution in [0.5, 0.6) is 0 Å². The molecule has 0 aliphatic heterocycles. The molecule has 0 bridgehead atoms. The lowest BCUT2D eigenvalue weighted by Gasteiger charge is -2.10. The standard InChI is InChI=1S/C15H14O3/c1-10-6-8-11(9-7-10)14(16)12-4-2-3-5-13(12)15(17)18/h2-9,15,17-18H,1H3. The van der Waals surface area contributed by atoms with Crippen molar-refractivity contribution in [2.24, 2.45) is 0 Å². The van der Waals surface area contributed by atoms with E-state index in [0.29, 0.717) is 11.1 Å². The summed E-state index contributed by atoms with van der Waals surface area (Å²) >= 11 is 0. The number of carbonyl (C=O) groups excluding carboxylic acids is 1. The van der Waals surface area contributed by atoms with Gasteiger partial charge in [0.25, 0.3) is 0 Å². The molecule has 3 heteroatoms. The zero-order valence-corrected chi connectivity index (χ0v) is 10.00. The van der Waals surface area contributed by atoms with E-state index in [-0.39, 0.29) is 11.3 Å². The van der Waals surface area contributed by atoms with E-state index in [2.05, 4.69) is 0 Å². The number of hydrogen-bond acceptors (Lipinski definition) is 3. The highest BCUT2D eigenvalue weighted by Crippen LogP contribution is 2.19. The van der Waals surface area contributed by atoms with E-state index in [1.54, 1.807) is 30.3 Å². The monoisotopic (exact) mass is 242 g/mol. The highest BCUT2D eigenvalue weighted by Gasteiger charge is 2.16. The molecule has 18 heavy (non-hydrogen) atoms. The van der Waals surface area contributed by atoms with Gasteiger partial charge in [0, 0.05) is 16.7 Å². The van der Waals surface area contributed by atoms with Gasteiger partial charge in [0.05, 0.1) is 0 Å². The Morgan fingerprint density at radius 3 is 2.22 bits per heavy atom. The molecule has 3 nitrogen and oxygen atoms in total. The van der Waals surface area contributed by atoms with Gasteiger partial charge < -0.3 is 10.2 Å². The van der Waals surface area contributed by atoms with Crippen LogP contribution in [0.2, 0.25) is 0 Å². The molecule has 0 aliphatic carbocycles. The molecule has 0 atom stereocenters. The second kappa shape index (κ2) is 5.12. The van der Waals surface area contributed by atoms with Crippen molar-refractivity contribution in [3.63, 3.8) is 0 Å². The van der Waals surface area contributed by atoms with Gasteiger partial charge in [-0.05, 0) is 6.92 Å². The van der Waals surface area contributed by atoms with Gasteiger partial charge in [-0.25, -0.2) is 0 Å². The van der Waals surface area contributed by atoms with Crippen LogP contribution < -0.4 is 0 Å². The molecule has 0 saturated carbocycles. The van der Waals surface area contributed by atoms with Gasteiger partial charge in [0.2, 0.25) is 0 Å². The summed E-state index contributed by atoms with van der Waals surface area (Å²) in [6.45, 7) is 1.94. The first-order valence-corrected chi connectivity index (χ1v) is 5.66. The first-order valence-electron chi connectivity index (χ1n) is 5.66. The molecule has 0 unspecified atom stereocenters. The number of aliphatic hydroxyl groups is 2. The number of rotatable bonds is 3. The largest absolute Gasteiger partial charge is 0.364 e. The SMILES string of the molecule is Cc1ccc(C(=O)c2ccccc2C(O)O)cc1. The Morgan fingerprint density at radius 1 is 1.00 bits per heavy atom. The maximum Gasteiger partial charge on any atom is 0.193 e. The summed E-state index contributed by atoms with van der Waals surface area (Å²) in [5.41, 5.74) is 2.15. The van der Waals surface area contributed by atoms with Crippen LogP contribution in [0.4, 0.5) is 0 Å². The Hall–Kier alpha value is -1.97. The topological polar surface area (TPSA) is 57.5 Å². The van der Waals surface area contributed by atoms with Crippen LogP contribution >= 0.6 is 0 Å². The highest BCUT2D eigenvalue weighted by atomic mass is 16.5. The average Bonchev–Trinajstić information content (AvgIpc) is 2.39. The molecule has 92 valence electrons. The second-order valence-electron chi connectivity index (χ2n) is 4.16. The number of benzene rings is 2. The van der Waals surface area contributed by atoms with Gasteiger partial charge in [0.1, 0.15) is 0 Å². The molecule has 2 aromatic rings. The minimum absolute atomic E-state index is 0.210. The maximum atomic E-state index is 12.3.